The van der Waals surface area contributed by atoms with Gasteiger partial charge in [0.25, 0.3) is 0 Å². The van der Waals surface area contributed by atoms with Gasteiger partial charge in [0.1, 0.15) is 26.4 Å². The summed E-state index contributed by atoms with van der Waals surface area (Å²) in [6.07, 6.45) is 15.1. The van der Waals surface area contributed by atoms with Gasteiger partial charge in [0.2, 0.25) is 0 Å². The predicted octanol–water partition coefficient (Wildman–Crippen LogP) is 4.98. The van der Waals surface area contributed by atoms with E-state index in [1.165, 1.54) is 64.2 Å². The molecular weight excluding hydrogens is 720 g/mol. The van der Waals surface area contributed by atoms with E-state index in [0.29, 0.717) is 106 Å². The Morgan fingerprint density at radius 3 is 0.745 bits per heavy atom. The normalized spacial score (nSPS) is 11.4. The van der Waals surface area contributed by atoms with Crippen molar-refractivity contribution in [1.29, 1.82) is 0 Å². The van der Waals surface area contributed by atoms with Crippen LogP contribution in [0.1, 0.15) is 90.9 Å². The number of rotatable bonds is 48. The standard InChI is InChI=1S/C40H78O15/c1-3-5-7-9-11-13-15-43-17-19-45-21-23-47-25-27-49-29-31-51-33-35-54-39(41)37-53-38-40(42)55-36-34-52-32-30-50-28-26-48-24-22-46-20-18-44-16-14-12-10-8-6-4-2/h3-38H2,1-2H3. The zero-order chi connectivity index (χ0) is 39.8. The van der Waals surface area contributed by atoms with Gasteiger partial charge in [0, 0.05) is 13.2 Å². The predicted molar refractivity (Wildman–Crippen MR) is 208 cm³/mol. The Labute approximate surface area is 332 Å². The summed E-state index contributed by atoms with van der Waals surface area (Å²) in [6.45, 7) is 13.7. The van der Waals surface area contributed by atoms with E-state index in [9.17, 15) is 9.59 Å². The molecule has 0 aromatic heterocycles. The van der Waals surface area contributed by atoms with Gasteiger partial charge in [-0.05, 0) is 12.8 Å². The Morgan fingerprint density at radius 1 is 0.255 bits per heavy atom. The Morgan fingerprint density at radius 2 is 0.473 bits per heavy atom. The molecule has 328 valence electrons. The summed E-state index contributed by atoms with van der Waals surface area (Å²) in [4.78, 5) is 23.5. The molecule has 15 nitrogen and oxygen atoms in total. The molecule has 0 aliphatic rings. The minimum atomic E-state index is -0.601. The zero-order valence-electron chi connectivity index (χ0n) is 34.6. The molecular formula is C40H78O15. The number of ether oxygens (including phenoxy) is 13. The monoisotopic (exact) mass is 799 g/mol. The minimum absolute atomic E-state index is 0.0680. The molecule has 0 N–H and O–H groups in total. The van der Waals surface area contributed by atoms with E-state index in [2.05, 4.69) is 13.8 Å². The first-order valence-electron chi connectivity index (χ1n) is 20.9. The van der Waals surface area contributed by atoms with Crippen molar-refractivity contribution in [2.75, 3.05) is 159 Å². The lowest BCUT2D eigenvalue weighted by molar-refractivity contribution is -0.157. The van der Waals surface area contributed by atoms with Crippen molar-refractivity contribution < 1.29 is 71.2 Å². The van der Waals surface area contributed by atoms with Gasteiger partial charge in [-0.15, -0.1) is 0 Å². The van der Waals surface area contributed by atoms with E-state index < -0.39 is 11.9 Å². The molecule has 0 saturated heterocycles. The van der Waals surface area contributed by atoms with Crippen molar-refractivity contribution in [3.8, 4) is 0 Å². The van der Waals surface area contributed by atoms with Crippen molar-refractivity contribution in [3.05, 3.63) is 0 Å². The zero-order valence-corrected chi connectivity index (χ0v) is 34.6. The first-order valence-corrected chi connectivity index (χ1v) is 20.9. The van der Waals surface area contributed by atoms with Crippen LogP contribution in [-0.4, -0.2) is 171 Å². The van der Waals surface area contributed by atoms with Crippen LogP contribution in [0.15, 0.2) is 0 Å². The van der Waals surface area contributed by atoms with E-state index in [0.717, 1.165) is 26.1 Å². The third-order valence-corrected chi connectivity index (χ3v) is 7.68. The largest absolute Gasteiger partial charge is 0.462 e. The van der Waals surface area contributed by atoms with Crippen LogP contribution in [0.4, 0.5) is 0 Å². The highest BCUT2D eigenvalue weighted by Gasteiger charge is 2.08. The van der Waals surface area contributed by atoms with Crippen LogP contribution < -0.4 is 0 Å². The first-order chi connectivity index (χ1) is 27.2. The number of hydrogen-bond donors (Lipinski definition) is 0. The topological polar surface area (TPSA) is 154 Å². The average Bonchev–Trinajstić information content (AvgIpc) is 3.18. The summed E-state index contributed by atoms with van der Waals surface area (Å²) >= 11 is 0. The van der Waals surface area contributed by atoms with Gasteiger partial charge >= 0.3 is 11.9 Å². The second kappa shape index (κ2) is 48.6. The van der Waals surface area contributed by atoms with Crippen LogP contribution in [0, 0.1) is 0 Å². The van der Waals surface area contributed by atoms with E-state index >= 15 is 0 Å². The average molecular weight is 799 g/mol. The quantitative estimate of drug-likeness (QED) is 0.0601. The van der Waals surface area contributed by atoms with Crippen LogP contribution >= 0.6 is 0 Å². The van der Waals surface area contributed by atoms with Crippen molar-refractivity contribution in [3.63, 3.8) is 0 Å². The molecule has 0 saturated carbocycles. The van der Waals surface area contributed by atoms with Gasteiger partial charge in [0.05, 0.1) is 119 Å². The van der Waals surface area contributed by atoms with E-state index in [1.807, 2.05) is 0 Å². The highest BCUT2D eigenvalue weighted by Crippen LogP contribution is 2.05. The maximum absolute atomic E-state index is 11.7. The lowest BCUT2D eigenvalue weighted by Crippen LogP contribution is -2.21. The Kier molecular flexibility index (Phi) is 47.3. The summed E-state index contributed by atoms with van der Waals surface area (Å²) in [5.74, 6) is -1.20. The van der Waals surface area contributed by atoms with E-state index in [4.69, 9.17) is 61.6 Å². The molecule has 0 amide bonds. The molecule has 15 heteroatoms. The van der Waals surface area contributed by atoms with Gasteiger partial charge < -0.3 is 61.6 Å². The van der Waals surface area contributed by atoms with Crippen LogP contribution in [-0.2, 0) is 71.2 Å². The van der Waals surface area contributed by atoms with Gasteiger partial charge in [-0.25, -0.2) is 9.59 Å². The third kappa shape index (κ3) is 48.6. The van der Waals surface area contributed by atoms with Crippen molar-refractivity contribution in [1.82, 2.24) is 0 Å². The second-order valence-corrected chi connectivity index (χ2v) is 12.6. The Hall–Kier alpha value is -1.50. The molecule has 0 aromatic rings. The minimum Gasteiger partial charge on any atom is -0.462 e. The van der Waals surface area contributed by atoms with Gasteiger partial charge in [-0.3, -0.25) is 0 Å². The molecule has 0 heterocycles. The van der Waals surface area contributed by atoms with Gasteiger partial charge in [-0.2, -0.15) is 0 Å². The fourth-order valence-corrected chi connectivity index (χ4v) is 4.66. The number of carbonyl (C=O) groups is 2. The first kappa shape index (κ1) is 53.5. The Bertz CT molecular complexity index is 702. The maximum Gasteiger partial charge on any atom is 0.332 e. The van der Waals surface area contributed by atoms with E-state index in [1.54, 1.807) is 0 Å². The fourth-order valence-electron chi connectivity index (χ4n) is 4.66. The molecule has 0 spiro atoms. The van der Waals surface area contributed by atoms with E-state index in [-0.39, 0.29) is 39.6 Å². The SMILES string of the molecule is CCCCCCCCOCCOCCOCCOCCOCCOC(=O)COCC(=O)OCCOCCOCCOCCOCCOCCCCCCCC. The smallest absolute Gasteiger partial charge is 0.332 e. The molecule has 0 atom stereocenters. The van der Waals surface area contributed by atoms with Crippen molar-refractivity contribution in [2.24, 2.45) is 0 Å². The van der Waals surface area contributed by atoms with Crippen molar-refractivity contribution >= 4 is 11.9 Å². The van der Waals surface area contributed by atoms with Crippen LogP contribution in [0.25, 0.3) is 0 Å². The highest BCUT2D eigenvalue weighted by atomic mass is 16.6. The Balaban J connectivity index is 3.23. The lowest BCUT2D eigenvalue weighted by Gasteiger charge is -2.09. The molecule has 0 unspecified atom stereocenters. The van der Waals surface area contributed by atoms with Gasteiger partial charge in [0.15, 0.2) is 0 Å². The maximum atomic E-state index is 11.7. The fraction of sp³-hybridized carbons (Fsp3) is 0.950. The molecule has 0 aromatic carbocycles. The highest BCUT2D eigenvalue weighted by molar-refractivity contribution is 5.73. The number of unbranched alkanes of at least 4 members (excludes halogenated alkanes) is 10. The summed E-state index contributed by atoms with van der Waals surface area (Å²) in [5, 5.41) is 0. The lowest BCUT2D eigenvalue weighted by atomic mass is 10.1. The second-order valence-electron chi connectivity index (χ2n) is 12.6. The molecule has 0 aliphatic heterocycles. The summed E-state index contributed by atoms with van der Waals surface area (Å²) in [5.41, 5.74) is 0. The van der Waals surface area contributed by atoms with Crippen LogP contribution in [0.2, 0.25) is 0 Å². The summed E-state index contributed by atoms with van der Waals surface area (Å²) in [7, 11) is 0. The molecule has 55 heavy (non-hydrogen) atoms. The van der Waals surface area contributed by atoms with Crippen LogP contribution in [0.5, 0.6) is 0 Å². The molecule has 0 radical (unpaired) electrons. The summed E-state index contributed by atoms with van der Waals surface area (Å²) < 4.78 is 69.7. The third-order valence-electron chi connectivity index (χ3n) is 7.68. The molecule has 0 rings (SSSR count). The van der Waals surface area contributed by atoms with Crippen LogP contribution in [0.3, 0.4) is 0 Å². The number of hydrogen-bond acceptors (Lipinski definition) is 15. The number of esters is 2. The van der Waals surface area contributed by atoms with Gasteiger partial charge in [-0.1, -0.05) is 78.1 Å². The molecule has 0 bridgehead atoms. The number of carbonyl (C=O) groups excluding carboxylic acids is 2. The molecule has 0 aliphatic carbocycles. The summed E-state index contributed by atoms with van der Waals surface area (Å²) in [6, 6.07) is 0. The van der Waals surface area contributed by atoms with Crippen molar-refractivity contribution in [2.45, 2.75) is 90.9 Å². The molecule has 0 fully saturated rings.